The average molecular weight is 386 g/mol. The second-order valence-corrected chi connectivity index (χ2v) is 9.61. The van der Waals surface area contributed by atoms with Crippen LogP contribution in [0.5, 0.6) is 0 Å². The third kappa shape index (κ3) is 6.59. The quantitative estimate of drug-likeness (QED) is 0.397. The van der Waals surface area contributed by atoms with E-state index in [4.69, 9.17) is 0 Å². The third-order valence-corrected chi connectivity index (χ3v) is 7.20. The van der Waals surface area contributed by atoms with Crippen molar-refractivity contribution in [1.82, 2.24) is 4.90 Å². The molecule has 2 atom stereocenters. The van der Waals surface area contributed by atoms with Gasteiger partial charge in [0.15, 0.2) is 0 Å². The average Bonchev–Trinajstić information content (AvgIpc) is 2.68. The summed E-state index contributed by atoms with van der Waals surface area (Å²) in [5.41, 5.74) is 1.02. The zero-order valence-electron chi connectivity index (χ0n) is 18.2. The Morgan fingerprint density at radius 1 is 0.857 bits per heavy atom. The maximum atomic E-state index is 11.3. The highest BCUT2D eigenvalue weighted by atomic mass is 16.3. The van der Waals surface area contributed by atoms with E-state index in [1.807, 2.05) is 0 Å². The van der Waals surface area contributed by atoms with Crippen LogP contribution in [0.4, 0.5) is 0 Å². The molecule has 2 heteroatoms. The van der Waals surface area contributed by atoms with Crippen LogP contribution in [0.2, 0.25) is 0 Å². The third-order valence-electron chi connectivity index (χ3n) is 7.20. The van der Waals surface area contributed by atoms with Gasteiger partial charge in [0.1, 0.15) is 0 Å². The zero-order chi connectivity index (χ0) is 19.7. The highest BCUT2D eigenvalue weighted by molar-refractivity contribution is 5.15. The molecule has 0 radical (unpaired) electrons. The van der Waals surface area contributed by atoms with Crippen LogP contribution in [0.25, 0.3) is 0 Å². The van der Waals surface area contributed by atoms with Crippen LogP contribution in [0.1, 0.15) is 109 Å². The van der Waals surface area contributed by atoms with E-state index in [2.05, 4.69) is 42.2 Å². The molecule has 1 aromatic carbocycles. The summed E-state index contributed by atoms with van der Waals surface area (Å²) in [7, 11) is 0. The molecule has 2 bridgehead atoms. The van der Waals surface area contributed by atoms with Gasteiger partial charge in [-0.05, 0) is 37.7 Å². The lowest BCUT2D eigenvalue weighted by Crippen LogP contribution is -2.57. The molecule has 2 heterocycles. The van der Waals surface area contributed by atoms with Crippen molar-refractivity contribution in [3.63, 3.8) is 0 Å². The van der Waals surface area contributed by atoms with Gasteiger partial charge in [0, 0.05) is 18.6 Å². The fourth-order valence-corrected chi connectivity index (χ4v) is 5.64. The van der Waals surface area contributed by atoms with E-state index in [1.165, 1.54) is 82.6 Å². The summed E-state index contributed by atoms with van der Waals surface area (Å²) in [5.74, 6) is 0. The van der Waals surface area contributed by atoms with Crippen LogP contribution >= 0.6 is 0 Å². The molecule has 0 amide bonds. The Morgan fingerprint density at radius 2 is 1.43 bits per heavy atom. The molecule has 2 fully saturated rings. The molecule has 1 aromatic rings. The van der Waals surface area contributed by atoms with Crippen molar-refractivity contribution < 1.29 is 5.11 Å². The van der Waals surface area contributed by atoms with Crippen molar-refractivity contribution >= 4 is 0 Å². The molecule has 2 unspecified atom stereocenters. The summed E-state index contributed by atoms with van der Waals surface area (Å²) in [5, 5.41) is 11.3. The predicted octanol–water partition coefficient (Wildman–Crippen LogP) is 6.86. The Morgan fingerprint density at radius 3 is 2.04 bits per heavy atom. The fraction of sp³-hybridized carbons (Fsp3) is 0.769. The molecule has 28 heavy (non-hydrogen) atoms. The molecule has 2 nitrogen and oxygen atoms in total. The second kappa shape index (κ2) is 11.4. The lowest BCUT2D eigenvalue weighted by molar-refractivity contribution is -0.0999. The SMILES string of the molecule is CCCCCCCCCCCC1(O)CC2CCCC(C1)N2Cc1ccccc1. The Hall–Kier alpha value is -0.860. The molecule has 2 aliphatic rings. The normalized spacial score (nSPS) is 27.8. The van der Waals surface area contributed by atoms with Gasteiger partial charge in [-0.25, -0.2) is 0 Å². The first-order chi connectivity index (χ1) is 13.7. The van der Waals surface area contributed by atoms with Crippen molar-refractivity contribution in [3.8, 4) is 0 Å². The Labute approximate surface area is 173 Å². The summed E-state index contributed by atoms with van der Waals surface area (Å²) in [6.07, 6.45) is 19.1. The number of nitrogens with zero attached hydrogens (tertiary/aromatic N) is 1. The lowest BCUT2D eigenvalue weighted by Gasteiger charge is -2.52. The predicted molar refractivity (Wildman–Crippen MR) is 119 cm³/mol. The molecule has 3 rings (SSSR count). The van der Waals surface area contributed by atoms with Crippen molar-refractivity contribution in [2.75, 3.05) is 0 Å². The van der Waals surface area contributed by atoms with Gasteiger partial charge >= 0.3 is 0 Å². The molecule has 1 N–H and O–H groups in total. The van der Waals surface area contributed by atoms with Gasteiger partial charge < -0.3 is 5.11 Å². The molecule has 158 valence electrons. The van der Waals surface area contributed by atoms with Crippen LogP contribution in [0.3, 0.4) is 0 Å². The Balaban J connectivity index is 1.39. The molecule has 0 spiro atoms. The maximum absolute atomic E-state index is 11.3. The second-order valence-electron chi connectivity index (χ2n) is 9.61. The highest BCUT2D eigenvalue weighted by Crippen LogP contribution is 2.42. The topological polar surface area (TPSA) is 23.5 Å². The van der Waals surface area contributed by atoms with Crippen LogP contribution in [-0.4, -0.2) is 27.7 Å². The van der Waals surface area contributed by atoms with Gasteiger partial charge in [0.05, 0.1) is 5.60 Å². The zero-order valence-corrected chi connectivity index (χ0v) is 18.2. The van der Waals surface area contributed by atoms with E-state index < -0.39 is 5.60 Å². The van der Waals surface area contributed by atoms with Crippen molar-refractivity contribution in [2.24, 2.45) is 0 Å². The largest absolute Gasteiger partial charge is 0.390 e. The first kappa shape index (κ1) is 21.8. The number of piperidine rings is 2. The van der Waals surface area contributed by atoms with E-state index in [9.17, 15) is 5.11 Å². The van der Waals surface area contributed by atoms with Gasteiger partial charge in [-0.15, -0.1) is 0 Å². The number of rotatable bonds is 12. The van der Waals surface area contributed by atoms with Gasteiger partial charge in [-0.2, -0.15) is 0 Å². The van der Waals surface area contributed by atoms with Crippen LogP contribution < -0.4 is 0 Å². The first-order valence-electron chi connectivity index (χ1n) is 12.2. The molecule has 0 aromatic heterocycles. The van der Waals surface area contributed by atoms with Crippen LogP contribution in [0, 0.1) is 0 Å². The smallest absolute Gasteiger partial charge is 0.0677 e. The van der Waals surface area contributed by atoms with Crippen molar-refractivity contribution in [1.29, 1.82) is 0 Å². The minimum absolute atomic E-state index is 0.399. The highest BCUT2D eigenvalue weighted by Gasteiger charge is 2.44. The Kier molecular flexibility index (Phi) is 8.86. The van der Waals surface area contributed by atoms with E-state index >= 15 is 0 Å². The van der Waals surface area contributed by atoms with E-state index in [0.29, 0.717) is 12.1 Å². The molecule has 2 aliphatic heterocycles. The number of hydrogen-bond donors (Lipinski definition) is 1. The van der Waals surface area contributed by atoms with Gasteiger partial charge in [-0.3, -0.25) is 4.90 Å². The minimum atomic E-state index is -0.399. The standard InChI is InChI=1S/C26H43NO/c1-2-3-4-5-6-7-8-9-13-19-26(28)20-24-17-14-18-25(21-26)27(24)22-23-15-11-10-12-16-23/h10-12,15-16,24-25,28H,2-9,13-14,17-22H2,1H3. The van der Waals surface area contributed by atoms with E-state index in [-0.39, 0.29) is 0 Å². The molecular weight excluding hydrogens is 342 g/mol. The molecule has 0 saturated carbocycles. The maximum Gasteiger partial charge on any atom is 0.0677 e. The summed E-state index contributed by atoms with van der Waals surface area (Å²) < 4.78 is 0. The monoisotopic (exact) mass is 385 g/mol. The van der Waals surface area contributed by atoms with Crippen LogP contribution in [-0.2, 0) is 6.54 Å². The summed E-state index contributed by atoms with van der Waals surface area (Å²) in [6, 6.07) is 12.1. The lowest BCUT2D eigenvalue weighted by atomic mass is 9.73. The van der Waals surface area contributed by atoms with E-state index in [0.717, 1.165) is 25.8 Å². The summed E-state index contributed by atoms with van der Waals surface area (Å²) >= 11 is 0. The van der Waals surface area contributed by atoms with Gasteiger partial charge in [0.25, 0.3) is 0 Å². The number of aliphatic hydroxyl groups is 1. The number of fused-ring (bicyclic) bond motifs is 2. The van der Waals surface area contributed by atoms with E-state index in [1.54, 1.807) is 0 Å². The number of hydrogen-bond acceptors (Lipinski definition) is 2. The van der Waals surface area contributed by atoms with Gasteiger partial charge in [-0.1, -0.05) is 101 Å². The summed E-state index contributed by atoms with van der Waals surface area (Å²) in [6.45, 7) is 3.34. The fourth-order valence-electron chi connectivity index (χ4n) is 5.64. The number of benzene rings is 1. The minimum Gasteiger partial charge on any atom is -0.390 e. The molecule has 2 saturated heterocycles. The van der Waals surface area contributed by atoms with Gasteiger partial charge in [0.2, 0.25) is 0 Å². The summed E-state index contributed by atoms with van der Waals surface area (Å²) in [4.78, 5) is 2.71. The van der Waals surface area contributed by atoms with Crippen molar-refractivity contribution in [3.05, 3.63) is 35.9 Å². The Bertz CT molecular complexity index is 529. The first-order valence-corrected chi connectivity index (χ1v) is 12.2. The number of unbranched alkanes of at least 4 members (excludes halogenated alkanes) is 8. The van der Waals surface area contributed by atoms with Crippen molar-refractivity contribution in [2.45, 2.75) is 127 Å². The van der Waals surface area contributed by atoms with Crippen LogP contribution in [0.15, 0.2) is 30.3 Å². The molecular formula is C26H43NO. The molecule has 0 aliphatic carbocycles.